The van der Waals surface area contributed by atoms with Crippen LogP contribution in [0.5, 0.6) is 0 Å². The fraction of sp³-hybridized carbons (Fsp3) is 0.417. The molecule has 1 saturated heterocycles. The Bertz CT molecular complexity index is 1440. The second-order valence-corrected chi connectivity index (χ2v) is 9.60. The van der Waals surface area contributed by atoms with Crippen LogP contribution in [0.25, 0.3) is 11.2 Å². The van der Waals surface area contributed by atoms with Crippen LogP contribution in [0, 0.1) is 5.82 Å². The first-order valence-corrected chi connectivity index (χ1v) is 12.3. The maximum absolute atomic E-state index is 15.2. The fourth-order valence-electron chi connectivity index (χ4n) is 4.85. The second-order valence-electron chi connectivity index (χ2n) is 9.60. The number of hydrogen-bond acceptors (Lipinski definition) is 9. The number of ether oxygens (including phenoxy) is 1. The smallest absolute Gasteiger partial charge is 0.407 e. The van der Waals surface area contributed by atoms with E-state index in [4.69, 9.17) is 5.73 Å². The third-order valence-corrected chi connectivity index (χ3v) is 7.01. The van der Waals surface area contributed by atoms with Crippen molar-refractivity contribution < 1.29 is 28.6 Å². The minimum atomic E-state index is -1.38. The summed E-state index contributed by atoms with van der Waals surface area (Å²) in [6.45, 7) is 0.253. The van der Waals surface area contributed by atoms with Gasteiger partial charge in [-0.1, -0.05) is 0 Å². The number of halogens is 1. The van der Waals surface area contributed by atoms with Crippen molar-refractivity contribution in [1.29, 1.82) is 0 Å². The summed E-state index contributed by atoms with van der Waals surface area (Å²) in [4.78, 5) is 51.0. The van der Waals surface area contributed by atoms with Crippen LogP contribution in [0.4, 0.5) is 25.5 Å². The predicted octanol–water partition coefficient (Wildman–Crippen LogP) is 0.947. The van der Waals surface area contributed by atoms with Crippen LogP contribution >= 0.6 is 0 Å². The number of imidazole rings is 1. The lowest BCUT2D eigenvalue weighted by molar-refractivity contribution is -0.126. The summed E-state index contributed by atoms with van der Waals surface area (Å²) in [5.74, 6) is -0.764. The number of nitrogens with two attached hydrogens (primary N) is 1. The number of nitrogens with one attached hydrogen (secondary N) is 3. The van der Waals surface area contributed by atoms with Gasteiger partial charge in [0.25, 0.3) is 0 Å². The van der Waals surface area contributed by atoms with Crippen molar-refractivity contribution in [2.45, 2.75) is 43.9 Å². The SMILES string of the molecule is COC(=O)NCc1c(F)ccc(N2CC[C@](NC(=O)O)(C(=O)NC3CC3)C2)c1Cn1cnc2c(N)ncnc21. The zero-order valence-electron chi connectivity index (χ0n) is 21.1. The number of carboxylic acid groups (broad SMARTS) is 1. The summed E-state index contributed by atoms with van der Waals surface area (Å²) < 4.78 is 21.6. The molecular weight excluding hydrogens is 513 g/mol. The van der Waals surface area contributed by atoms with E-state index in [1.807, 2.05) is 4.90 Å². The summed E-state index contributed by atoms with van der Waals surface area (Å²) in [6, 6.07) is 2.89. The third kappa shape index (κ3) is 5.19. The van der Waals surface area contributed by atoms with Crippen molar-refractivity contribution in [2.24, 2.45) is 0 Å². The number of aromatic nitrogens is 4. The van der Waals surface area contributed by atoms with Crippen LogP contribution in [-0.4, -0.2) is 74.5 Å². The van der Waals surface area contributed by atoms with Crippen molar-refractivity contribution in [3.05, 3.63) is 41.7 Å². The zero-order chi connectivity index (χ0) is 27.7. The number of amides is 3. The zero-order valence-corrected chi connectivity index (χ0v) is 21.1. The van der Waals surface area contributed by atoms with Gasteiger partial charge >= 0.3 is 12.2 Å². The molecule has 2 aliphatic rings. The van der Waals surface area contributed by atoms with Gasteiger partial charge in [-0.05, 0) is 31.4 Å². The van der Waals surface area contributed by atoms with E-state index in [2.05, 4.69) is 35.6 Å². The molecule has 1 aliphatic heterocycles. The van der Waals surface area contributed by atoms with Gasteiger partial charge in [0.15, 0.2) is 11.5 Å². The van der Waals surface area contributed by atoms with E-state index >= 15 is 4.39 Å². The first kappa shape index (κ1) is 25.9. The topological polar surface area (TPSA) is 190 Å². The van der Waals surface area contributed by atoms with Crippen molar-refractivity contribution >= 4 is 40.8 Å². The number of methoxy groups -OCH3 is 1. The minimum Gasteiger partial charge on any atom is -0.465 e. The molecule has 1 atom stereocenters. The van der Waals surface area contributed by atoms with Crippen LogP contribution in [0.2, 0.25) is 0 Å². The van der Waals surface area contributed by atoms with Gasteiger partial charge in [0.05, 0.1) is 26.5 Å². The molecular formula is C24H28FN9O5. The van der Waals surface area contributed by atoms with Crippen molar-refractivity contribution in [2.75, 3.05) is 30.8 Å². The standard InChI is InChI=1S/C24H28FN9O5/c1-39-23(38)27-8-14-15(9-34-12-30-18-19(26)28-11-29-20(18)34)17(5-4-16(14)25)33-7-6-24(10-33,32-22(36)37)21(35)31-13-2-3-13/h4-5,11-13,32H,2-3,6-10H2,1H3,(H,27,38)(H,31,35)(H,36,37)(H2,26,28,29)/t24-/m1/s1. The molecule has 2 fully saturated rings. The molecule has 39 heavy (non-hydrogen) atoms. The Hall–Kier alpha value is -4.69. The molecule has 0 bridgehead atoms. The average molecular weight is 542 g/mol. The number of carbonyl (C=O) groups is 3. The highest BCUT2D eigenvalue weighted by atomic mass is 19.1. The number of fused-ring (bicyclic) bond motifs is 1. The number of rotatable bonds is 8. The molecule has 3 amide bonds. The van der Waals surface area contributed by atoms with E-state index in [1.165, 1.54) is 25.8 Å². The van der Waals surface area contributed by atoms with E-state index in [0.29, 0.717) is 29.0 Å². The molecule has 0 radical (unpaired) electrons. The predicted molar refractivity (Wildman–Crippen MR) is 136 cm³/mol. The van der Waals surface area contributed by atoms with Gasteiger partial charge in [-0.3, -0.25) is 4.79 Å². The summed E-state index contributed by atoms with van der Waals surface area (Å²) in [5, 5.41) is 17.4. The third-order valence-electron chi connectivity index (χ3n) is 7.01. The largest absolute Gasteiger partial charge is 0.465 e. The molecule has 1 aromatic carbocycles. The highest BCUT2D eigenvalue weighted by Gasteiger charge is 2.48. The summed E-state index contributed by atoms with van der Waals surface area (Å²) in [5.41, 5.74) is 6.59. The van der Waals surface area contributed by atoms with E-state index in [-0.39, 0.29) is 49.4 Å². The Morgan fingerprint density at radius 2 is 2.03 bits per heavy atom. The normalized spacial score (nSPS) is 18.7. The quantitative estimate of drug-likeness (QED) is 0.274. The minimum absolute atomic E-state index is 0.0279. The van der Waals surface area contributed by atoms with E-state index in [0.717, 1.165) is 12.8 Å². The number of nitrogens with zero attached hydrogens (tertiary/aromatic N) is 5. The number of alkyl carbamates (subject to hydrolysis) is 1. The van der Waals surface area contributed by atoms with Gasteiger partial charge < -0.3 is 41.0 Å². The highest BCUT2D eigenvalue weighted by Crippen LogP contribution is 2.34. The Balaban J connectivity index is 1.54. The van der Waals surface area contributed by atoms with Crippen LogP contribution in [-0.2, 0) is 22.6 Å². The maximum Gasteiger partial charge on any atom is 0.407 e. The van der Waals surface area contributed by atoms with Crippen LogP contribution in [0.15, 0.2) is 24.8 Å². The van der Waals surface area contributed by atoms with Crippen molar-refractivity contribution in [3.8, 4) is 0 Å². The molecule has 1 saturated carbocycles. The number of benzene rings is 1. The van der Waals surface area contributed by atoms with Gasteiger partial charge in [0.2, 0.25) is 5.91 Å². The Labute approximate surface area is 221 Å². The molecule has 14 nitrogen and oxygen atoms in total. The van der Waals surface area contributed by atoms with Crippen LogP contribution in [0.3, 0.4) is 0 Å². The molecule has 3 aromatic rings. The lowest BCUT2D eigenvalue weighted by Gasteiger charge is -2.30. The van der Waals surface area contributed by atoms with Gasteiger partial charge in [-0.15, -0.1) is 0 Å². The molecule has 1 aliphatic carbocycles. The molecule has 3 heterocycles. The van der Waals surface area contributed by atoms with Gasteiger partial charge in [-0.25, -0.2) is 28.9 Å². The van der Waals surface area contributed by atoms with Gasteiger partial charge in [-0.2, -0.15) is 0 Å². The van der Waals surface area contributed by atoms with E-state index in [9.17, 15) is 19.5 Å². The average Bonchev–Trinajstić information content (AvgIpc) is 3.46. The second kappa shape index (κ2) is 10.2. The fourth-order valence-corrected chi connectivity index (χ4v) is 4.85. The number of anilines is 2. The first-order chi connectivity index (χ1) is 18.7. The molecule has 206 valence electrons. The van der Waals surface area contributed by atoms with Gasteiger partial charge in [0, 0.05) is 35.9 Å². The Kier molecular flexibility index (Phi) is 6.80. The first-order valence-electron chi connectivity index (χ1n) is 12.3. The molecule has 2 aromatic heterocycles. The molecule has 15 heteroatoms. The number of nitrogen functional groups attached to an aromatic ring is 1. The molecule has 0 spiro atoms. The Morgan fingerprint density at radius 1 is 1.23 bits per heavy atom. The van der Waals surface area contributed by atoms with Gasteiger partial charge in [0.1, 0.15) is 23.2 Å². The van der Waals surface area contributed by atoms with E-state index in [1.54, 1.807) is 10.6 Å². The van der Waals surface area contributed by atoms with Crippen LogP contribution in [0.1, 0.15) is 30.4 Å². The van der Waals surface area contributed by atoms with E-state index < -0.39 is 23.5 Å². The monoisotopic (exact) mass is 541 g/mol. The number of carbonyl (C=O) groups excluding carboxylic acids is 2. The highest BCUT2D eigenvalue weighted by molar-refractivity contribution is 5.92. The Morgan fingerprint density at radius 3 is 2.74 bits per heavy atom. The number of hydrogen-bond donors (Lipinski definition) is 5. The lowest BCUT2D eigenvalue weighted by Crippen LogP contribution is -2.60. The summed E-state index contributed by atoms with van der Waals surface area (Å²) in [7, 11) is 1.21. The molecule has 6 N–H and O–H groups in total. The summed E-state index contributed by atoms with van der Waals surface area (Å²) in [6.07, 6.45) is 2.67. The molecule has 5 rings (SSSR count). The lowest BCUT2D eigenvalue weighted by atomic mass is 9.97. The maximum atomic E-state index is 15.2. The molecule has 0 unspecified atom stereocenters. The summed E-state index contributed by atoms with van der Waals surface area (Å²) >= 11 is 0. The van der Waals surface area contributed by atoms with Crippen molar-refractivity contribution in [3.63, 3.8) is 0 Å². The van der Waals surface area contributed by atoms with Crippen LogP contribution < -0.4 is 26.6 Å². The van der Waals surface area contributed by atoms with Crippen molar-refractivity contribution in [1.82, 2.24) is 35.5 Å².